The zero-order valence-electron chi connectivity index (χ0n) is 12.4. The van der Waals surface area contributed by atoms with Crippen molar-refractivity contribution in [1.29, 1.82) is 0 Å². The van der Waals surface area contributed by atoms with Crippen LogP contribution >= 0.6 is 0 Å². The minimum atomic E-state index is -0.946. The van der Waals surface area contributed by atoms with E-state index in [4.69, 9.17) is 9.84 Å². The van der Waals surface area contributed by atoms with E-state index in [0.29, 0.717) is 12.0 Å². The minimum absolute atomic E-state index is 0.0489. The van der Waals surface area contributed by atoms with Gasteiger partial charge in [-0.2, -0.15) is 0 Å². The molecular weight excluding hydrogens is 260 g/mol. The second-order valence-corrected chi connectivity index (χ2v) is 5.23. The second-order valence-electron chi connectivity index (χ2n) is 5.23. The third-order valence-electron chi connectivity index (χ3n) is 3.61. The van der Waals surface area contributed by atoms with Gasteiger partial charge >= 0.3 is 5.97 Å². The van der Waals surface area contributed by atoms with Crippen LogP contribution in [0.5, 0.6) is 0 Å². The third kappa shape index (κ3) is 4.31. The van der Waals surface area contributed by atoms with Gasteiger partial charge in [0.25, 0.3) is 0 Å². The fourth-order valence-electron chi connectivity index (χ4n) is 2.47. The highest BCUT2D eigenvalue weighted by Crippen LogP contribution is 2.22. The van der Waals surface area contributed by atoms with Gasteiger partial charge in [0.15, 0.2) is 0 Å². The highest BCUT2D eigenvalue weighted by atomic mass is 16.5. The number of carboxylic acids is 1. The first-order valence-corrected chi connectivity index (χ1v) is 7.08. The Bertz CT molecular complexity index is 391. The Morgan fingerprint density at radius 2 is 2.10 bits per heavy atom. The number of amides is 1. The number of ether oxygens (including phenoxy) is 1. The van der Waals surface area contributed by atoms with Gasteiger partial charge in [0.1, 0.15) is 18.2 Å². The summed E-state index contributed by atoms with van der Waals surface area (Å²) in [5, 5.41) is 12.0. The van der Waals surface area contributed by atoms with Gasteiger partial charge < -0.3 is 20.9 Å². The summed E-state index contributed by atoms with van der Waals surface area (Å²) in [6, 6.07) is -0.495. The van der Waals surface area contributed by atoms with E-state index in [-0.39, 0.29) is 24.1 Å². The molecule has 0 bridgehead atoms. The van der Waals surface area contributed by atoms with Gasteiger partial charge in [-0.3, -0.25) is 4.79 Å². The minimum Gasteiger partial charge on any atom is -0.478 e. The molecule has 0 unspecified atom stereocenters. The lowest BCUT2D eigenvalue weighted by Crippen LogP contribution is -2.73. The molecule has 0 saturated heterocycles. The number of carbonyl (C=O) groups excluding carboxylic acids is 1. The smallest absolute Gasteiger partial charge is 0.331 e. The molecule has 0 spiro atoms. The Morgan fingerprint density at radius 3 is 2.55 bits per heavy atom. The van der Waals surface area contributed by atoms with Gasteiger partial charge in [-0.25, -0.2) is 4.79 Å². The van der Waals surface area contributed by atoms with Crippen LogP contribution in [0, 0.1) is 0 Å². The van der Waals surface area contributed by atoms with Crippen LogP contribution in [0.1, 0.15) is 40.0 Å². The maximum absolute atomic E-state index is 11.3. The number of hydrogen-bond donors (Lipinski definition) is 3. The van der Waals surface area contributed by atoms with Gasteiger partial charge in [0, 0.05) is 18.9 Å². The van der Waals surface area contributed by atoms with Crippen molar-refractivity contribution in [3.05, 3.63) is 11.6 Å². The van der Waals surface area contributed by atoms with Crippen molar-refractivity contribution < 1.29 is 25.2 Å². The number of hydrogen-bond acceptors (Lipinski definition) is 3. The largest absolute Gasteiger partial charge is 0.478 e. The van der Waals surface area contributed by atoms with Crippen molar-refractivity contribution in [2.75, 3.05) is 0 Å². The molecule has 1 amide bonds. The van der Waals surface area contributed by atoms with E-state index in [1.807, 2.05) is 13.8 Å². The molecular formula is C14H25N2O4+. The third-order valence-corrected chi connectivity index (χ3v) is 3.61. The first-order valence-electron chi connectivity index (χ1n) is 7.08. The Balaban J connectivity index is 2.96. The molecule has 0 aliphatic heterocycles. The normalized spacial score (nSPS) is 26.2. The van der Waals surface area contributed by atoms with Crippen molar-refractivity contribution in [3.63, 3.8) is 0 Å². The zero-order valence-corrected chi connectivity index (χ0v) is 12.4. The SMILES string of the molecule is CCC(CC)O[C@@H]1C=C(C(=O)O)C[C@H]([NH3+])[C@H]1NC(C)=O. The number of quaternary nitrogens is 1. The predicted octanol–water partition coefficient (Wildman–Crippen LogP) is 0.0901. The summed E-state index contributed by atoms with van der Waals surface area (Å²) in [5.41, 5.74) is 4.28. The quantitative estimate of drug-likeness (QED) is 0.643. The number of aliphatic carboxylic acids is 1. The molecule has 6 nitrogen and oxygen atoms in total. The van der Waals surface area contributed by atoms with Crippen LogP contribution in [0.4, 0.5) is 0 Å². The van der Waals surface area contributed by atoms with E-state index in [2.05, 4.69) is 11.1 Å². The number of carboxylic acid groups (broad SMARTS) is 1. The Morgan fingerprint density at radius 1 is 1.50 bits per heavy atom. The molecule has 0 heterocycles. The summed E-state index contributed by atoms with van der Waals surface area (Å²) in [5.74, 6) is -1.10. The predicted molar refractivity (Wildman–Crippen MR) is 73.9 cm³/mol. The Kier molecular flexibility index (Phi) is 6.16. The first kappa shape index (κ1) is 16.7. The molecule has 0 fully saturated rings. The van der Waals surface area contributed by atoms with Gasteiger partial charge in [0.05, 0.1) is 6.10 Å². The van der Waals surface area contributed by atoms with Crippen LogP contribution in [0.2, 0.25) is 0 Å². The van der Waals surface area contributed by atoms with Crippen LogP contribution < -0.4 is 11.1 Å². The highest BCUT2D eigenvalue weighted by Gasteiger charge is 2.37. The summed E-state index contributed by atoms with van der Waals surface area (Å²) < 4.78 is 5.96. The number of carbonyl (C=O) groups is 2. The summed E-state index contributed by atoms with van der Waals surface area (Å²) in [6.45, 7) is 5.49. The second kappa shape index (κ2) is 7.40. The van der Waals surface area contributed by atoms with Gasteiger partial charge in [-0.1, -0.05) is 13.8 Å². The lowest BCUT2D eigenvalue weighted by Gasteiger charge is -2.34. The van der Waals surface area contributed by atoms with E-state index in [9.17, 15) is 9.59 Å². The van der Waals surface area contributed by atoms with E-state index >= 15 is 0 Å². The Labute approximate surface area is 119 Å². The monoisotopic (exact) mass is 285 g/mol. The lowest BCUT2D eigenvalue weighted by molar-refractivity contribution is -0.429. The van der Waals surface area contributed by atoms with Crippen LogP contribution in [-0.4, -0.2) is 41.3 Å². The molecule has 20 heavy (non-hydrogen) atoms. The molecule has 3 atom stereocenters. The van der Waals surface area contributed by atoms with Crippen molar-refractivity contribution in [1.82, 2.24) is 5.32 Å². The molecule has 114 valence electrons. The van der Waals surface area contributed by atoms with Crippen LogP contribution in [0.15, 0.2) is 11.6 Å². The molecule has 1 rings (SSSR count). The molecule has 1 aliphatic carbocycles. The summed E-state index contributed by atoms with van der Waals surface area (Å²) in [6.07, 6.45) is 3.25. The molecule has 0 aromatic carbocycles. The van der Waals surface area contributed by atoms with Crippen LogP contribution in [-0.2, 0) is 14.3 Å². The van der Waals surface area contributed by atoms with Crippen LogP contribution in [0.3, 0.4) is 0 Å². The van der Waals surface area contributed by atoms with Crippen molar-refractivity contribution in [2.24, 2.45) is 0 Å². The fraction of sp³-hybridized carbons (Fsp3) is 0.714. The molecule has 5 N–H and O–H groups in total. The molecule has 1 aliphatic rings. The van der Waals surface area contributed by atoms with Gasteiger partial charge in [0.2, 0.25) is 5.91 Å². The highest BCUT2D eigenvalue weighted by molar-refractivity contribution is 5.87. The first-order chi connectivity index (χ1) is 9.38. The van der Waals surface area contributed by atoms with E-state index in [1.165, 1.54) is 6.92 Å². The summed E-state index contributed by atoms with van der Waals surface area (Å²) in [7, 11) is 0. The van der Waals surface area contributed by atoms with E-state index < -0.39 is 12.1 Å². The van der Waals surface area contributed by atoms with E-state index in [0.717, 1.165) is 12.8 Å². The molecule has 6 heteroatoms. The summed E-state index contributed by atoms with van der Waals surface area (Å²) in [4.78, 5) is 22.5. The van der Waals surface area contributed by atoms with Gasteiger partial charge in [-0.15, -0.1) is 0 Å². The fourth-order valence-corrected chi connectivity index (χ4v) is 2.47. The molecule has 0 aromatic heterocycles. The van der Waals surface area contributed by atoms with Crippen LogP contribution in [0.25, 0.3) is 0 Å². The summed E-state index contributed by atoms with van der Waals surface area (Å²) >= 11 is 0. The standard InChI is InChI=1S/C14H24N2O4/c1-4-10(5-2)20-12-7-9(14(18)19)6-11(15)13(12)16-8(3)17/h7,10-13H,4-6,15H2,1-3H3,(H,16,17)(H,18,19)/p+1/t11-,12+,13+/m0/s1. The van der Waals surface area contributed by atoms with Crippen molar-refractivity contribution in [2.45, 2.75) is 64.3 Å². The maximum atomic E-state index is 11.3. The zero-order chi connectivity index (χ0) is 15.3. The maximum Gasteiger partial charge on any atom is 0.331 e. The Hall–Kier alpha value is -1.40. The lowest BCUT2D eigenvalue weighted by atomic mass is 9.88. The molecule has 0 radical (unpaired) electrons. The average Bonchev–Trinajstić information content (AvgIpc) is 2.38. The van der Waals surface area contributed by atoms with Crippen molar-refractivity contribution in [3.8, 4) is 0 Å². The number of nitrogens with one attached hydrogen (secondary N) is 1. The van der Waals surface area contributed by atoms with Crippen molar-refractivity contribution >= 4 is 11.9 Å². The van der Waals surface area contributed by atoms with Gasteiger partial charge in [-0.05, 0) is 18.9 Å². The topological polar surface area (TPSA) is 103 Å². The molecule has 0 aromatic rings. The number of rotatable bonds is 6. The van der Waals surface area contributed by atoms with E-state index in [1.54, 1.807) is 6.08 Å². The molecule has 0 saturated carbocycles. The average molecular weight is 285 g/mol.